The van der Waals surface area contributed by atoms with E-state index in [0.717, 1.165) is 30.8 Å². The lowest BCUT2D eigenvalue weighted by Gasteiger charge is -2.21. The van der Waals surface area contributed by atoms with Gasteiger partial charge in [0.15, 0.2) is 0 Å². The lowest BCUT2D eigenvalue weighted by Crippen LogP contribution is -2.09. The van der Waals surface area contributed by atoms with Crippen LogP contribution in [-0.4, -0.2) is 0 Å². The van der Waals surface area contributed by atoms with Gasteiger partial charge in [0.05, 0.1) is 0 Å². The van der Waals surface area contributed by atoms with Crippen molar-refractivity contribution in [3.63, 3.8) is 0 Å². The highest BCUT2D eigenvalue weighted by molar-refractivity contribution is 5.41. The number of para-hydroxylation sites is 1. The molecule has 0 fully saturated rings. The van der Waals surface area contributed by atoms with Gasteiger partial charge in [-0.25, -0.2) is 0 Å². The van der Waals surface area contributed by atoms with Crippen LogP contribution in [0.3, 0.4) is 0 Å². The number of ether oxygens (including phenoxy) is 1. The number of fused-ring (bicyclic) bond motifs is 1. The number of benzene rings is 1. The van der Waals surface area contributed by atoms with Crippen LogP contribution in [-0.2, 0) is 6.42 Å². The Morgan fingerprint density at radius 2 is 1.94 bits per heavy atom. The highest BCUT2D eigenvalue weighted by Gasteiger charge is 2.16. The van der Waals surface area contributed by atoms with Gasteiger partial charge in [-0.05, 0) is 30.0 Å². The Balaban J connectivity index is 1.93. The summed E-state index contributed by atoms with van der Waals surface area (Å²) in [5.74, 6) is 2.17. The van der Waals surface area contributed by atoms with Gasteiger partial charge in [0.2, 0.25) is 0 Å². The van der Waals surface area contributed by atoms with Crippen LogP contribution in [0.5, 0.6) is 5.75 Å². The Kier molecular flexibility index (Phi) is 2.37. The summed E-state index contributed by atoms with van der Waals surface area (Å²) < 4.78 is 5.97. The maximum absolute atomic E-state index is 5.97. The van der Waals surface area contributed by atoms with Gasteiger partial charge in [-0.3, -0.25) is 0 Å². The number of rotatable bonds is 0. The zero-order valence-corrected chi connectivity index (χ0v) is 9.15. The minimum atomic E-state index is 0.994. The molecule has 0 atom stereocenters. The summed E-state index contributed by atoms with van der Waals surface area (Å²) in [4.78, 5) is 0. The maximum Gasteiger partial charge on any atom is 0.130 e. The van der Waals surface area contributed by atoms with Crippen molar-refractivity contribution in [3.8, 4) is 5.75 Å². The molecule has 0 N–H and O–H groups in total. The molecule has 1 aliphatic heterocycles. The molecule has 16 heavy (non-hydrogen) atoms. The van der Waals surface area contributed by atoms with E-state index in [2.05, 4.69) is 42.5 Å². The zero-order valence-electron chi connectivity index (χ0n) is 9.15. The highest BCUT2D eigenvalue weighted by Crippen LogP contribution is 2.31. The monoisotopic (exact) mass is 210 g/mol. The Labute approximate surface area is 95.7 Å². The molecule has 3 rings (SSSR count). The molecule has 1 heterocycles. The highest BCUT2D eigenvalue weighted by atomic mass is 16.5. The topological polar surface area (TPSA) is 9.23 Å². The summed E-state index contributed by atoms with van der Waals surface area (Å²) in [7, 11) is 0. The molecule has 0 bridgehead atoms. The minimum absolute atomic E-state index is 0.994. The minimum Gasteiger partial charge on any atom is -0.461 e. The quantitative estimate of drug-likeness (QED) is 0.633. The van der Waals surface area contributed by atoms with Crippen LogP contribution in [0.4, 0.5) is 0 Å². The second-order valence-electron chi connectivity index (χ2n) is 4.15. The number of allylic oxidation sites excluding steroid dienone is 6. The molecule has 2 aliphatic rings. The Bertz CT molecular complexity index is 492. The van der Waals surface area contributed by atoms with Crippen molar-refractivity contribution < 1.29 is 4.74 Å². The molecule has 1 heteroatoms. The van der Waals surface area contributed by atoms with E-state index >= 15 is 0 Å². The van der Waals surface area contributed by atoms with E-state index in [1.54, 1.807) is 0 Å². The van der Waals surface area contributed by atoms with Crippen molar-refractivity contribution in [3.05, 3.63) is 65.5 Å². The molecule has 0 saturated heterocycles. The van der Waals surface area contributed by atoms with Crippen molar-refractivity contribution in [1.29, 1.82) is 0 Å². The summed E-state index contributed by atoms with van der Waals surface area (Å²) in [6, 6.07) is 8.30. The Morgan fingerprint density at radius 3 is 2.81 bits per heavy atom. The van der Waals surface area contributed by atoms with E-state index in [1.807, 2.05) is 6.07 Å². The molecule has 1 aromatic carbocycles. The molecule has 1 nitrogen and oxygen atoms in total. The molecule has 0 amide bonds. The van der Waals surface area contributed by atoms with Crippen molar-refractivity contribution in [2.75, 3.05) is 0 Å². The molecular formula is C15H14O. The predicted octanol–water partition coefficient (Wildman–Crippen LogP) is 3.78. The first-order valence-electron chi connectivity index (χ1n) is 5.74. The molecule has 1 aromatic rings. The fourth-order valence-electron chi connectivity index (χ4n) is 2.19. The van der Waals surface area contributed by atoms with Gasteiger partial charge < -0.3 is 4.74 Å². The fraction of sp³-hybridized carbons (Fsp3) is 0.200. The average Bonchev–Trinajstić information content (AvgIpc) is 2.39. The lowest BCUT2D eigenvalue weighted by molar-refractivity contribution is 0.372. The van der Waals surface area contributed by atoms with Crippen LogP contribution >= 0.6 is 0 Å². The van der Waals surface area contributed by atoms with Gasteiger partial charge in [0.25, 0.3) is 0 Å². The first kappa shape index (κ1) is 9.46. The van der Waals surface area contributed by atoms with Gasteiger partial charge in [-0.1, -0.05) is 42.5 Å². The van der Waals surface area contributed by atoms with Crippen LogP contribution in [0.2, 0.25) is 0 Å². The van der Waals surface area contributed by atoms with E-state index in [4.69, 9.17) is 4.74 Å². The van der Waals surface area contributed by atoms with Crippen molar-refractivity contribution >= 4 is 0 Å². The van der Waals surface area contributed by atoms with Gasteiger partial charge >= 0.3 is 0 Å². The molecule has 80 valence electrons. The van der Waals surface area contributed by atoms with Crippen LogP contribution in [0.15, 0.2) is 59.9 Å². The maximum atomic E-state index is 5.97. The van der Waals surface area contributed by atoms with E-state index in [9.17, 15) is 0 Å². The molecule has 0 spiro atoms. The summed E-state index contributed by atoms with van der Waals surface area (Å²) in [6.07, 6.45) is 11.6. The predicted molar refractivity (Wildman–Crippen MR) is 65.3 cm³/mol. The van der Waals surface area contributed by atoms with Crippen LogP contribution in [0.1, 0.15) is 18.4 Å². The number of hydrogen-bond donors (Lipinski definition) is 0. The third-order valence-electron chi connectivity index (χ3n) is 3.07. The van der Waals surface area contributed by atoms with Gasteiger partial charge in [-0.2, -0.15) is 0 Å². The normalized spacial score (nSPS) is 22.8. The van der Waals surface area contributed by atoms with Gasteiger partial charge in [0.1, 0.15) is 11.5 Å². The zero-order chi connectivity index (χ0) is 10.8. The molecule has 0 saturated carbocycles. The third kappa shape index (κ3) is 1.69. The fourth-order valence-corrected chi connectivity index (χ4v) is 2.19. The van der Waals surface area contributed by atoms with Gasteiger partial charge in [0, 0.05) is 6.42 Å². The largest absolute Gasteiger partial charge is 0.461 e. The Hall–Kier alpha value is -1.76. The van der Waals surface area contributed by atoms with Crippen LogP contribution < -0.4 is 4.74 Å². The second kappa shape index (κ2) is 4.01. The number of aryl methyl sites for hydroxylation is 1. The second-order valence-corrected chi connectivity index (χ2v) is 4.15. The van der Waals surface area contributed by atoms with Crippen LogP contribution in [0, 0.1) is 0 Å². The standard InChI is InChI=1S/C15H14O/c1-2-6-12(7-3-1)15-11-10-13-8-4-5-9-14(13)16-15/h1-6,8-9H,7,10-11H2. The molecule has 0 radical (unpaired) electrons. The molecular weight excluding hydrogens is 196 g/mol. The summed E-state index contributed by atoms with van der Waals surface area (Å²) in [6.45, 7) is 0. The summed E-state index contributed by atoms with van der Waals surface area (Å²) >= 11 is 0. The lowest BCUT2D eigenvalue weighted by atomic mass is 9.99. The van der Waals surface area contributed by atoms with Crippen LogP contribution in [0.25, 0.3) is 0 Å². The first-order chi connectivity index (χ1) is 7.93. The van der Waals surface area contributed by atoms with E-state index in [0.29, 0.717) is 0 Å². The van der Waals surface area contributed by atoms with Crippen molar-refractivity contribution in [2.24, 2.45) is 0 Å². The smallest absolute Gasteiger partial charge is 0.130 e. The van der Waals surface area contributed by atoms with Gasteiger partial charge in [-0.15, -0.1) is 0 Å². The molecule has 0 unspecified atom stereocenters. The summed E-state index contributed by atoms with van der Waals surface area (Å²) in [5, 5.41) is 0. The van der Waals surface area contributed by atoms with Crippen molar-refractivity contribution in [1.82, 2.24) is 0 Å². The third-order valence-corrected chi connectivity index (χ3v) is 3.07. The molecule has 0 aromatic heterocycles. The van der Waals surface area contributed by atoms with Crippen molar-refractivity contribution in [2.45, 2.75) is 19.3 Å². The first-order valence-corrected chi connectivity index (χ1v) is 5.74. The molecule has 1 aliphatic carbocycles. The Morgan fingerprint density at radius 1 is 1.00 bits per heavy atom. The number of hydrogen-bond acceptors (Lipinski definition) is 1. The summed E-state index contributed by atoms with van der Waals surface area (Å²) in [5.41, 5.74) is 2.64. The van der Waals surface area contributed by atoms with E-state index in [-0.39, 0.29) is 0 Å². The van der Waals surface area contributed by atoms with E-state index < -0.39 is 0 Å². The average molecular weight is 210 g/mol. The van der Waals surface area contributed by atoms with E-state index in [1.165, 1.54) is 11.1 Å². The SMILES string of the molecule is C1=CCC(=C2CCc3ccccc3O2)C=C1.